The summed E-state index contributed by atoms with van der Waals surface area (Å²) < 4.78 is 0. The third-order valence-electron chi connectivity index (χ3n) is 8.94. The molecule has 0 aromatic rings. The van der Waals surface area contributed by atoms with Crippen molar-refractivity contribution in [2.75, 3.05) is 0 Å². The van der Waals surface area contributed by atoms with Crippen LogP contribution in [-0.4, -0.2) is 22.2 Å². The largest absolute Gasteiger partial charge is 0.481 e. The predicted molar refractivity (Wildman–Crippen MR) is 89.4 cm³/mol. The SMILES string of the molecule is C[C@]12CCC[C@](C)(C(=O)O)[C@@H]1CC[C@]13C[C@H](CC[C@@H]12)[C@H](C(=O)O)C3. The average molecular weight is 334 g/mol. The second kappa shape index (κ2) is 4.98. The van der Waals surface area contributed by atoms with Gasteiger partial charge in [-0.3, -0.25) is 9.59 Å². The summed E-state index contributed by atoms with van der Waals surface area (Å²) in [6.07, 6.45) is 8.96. The Morgan fingerprint density at radius 1 is 0.917 bits per heavy atom. The summed E-state index contributed by atoms with van der Waals surface area (Å²) in [4.78, 5) is 23.7. The lowest BCUT2D eigenvalue weighted by atomic mass is 9.41. The highest BCUT2D eigenvalue weighted by Gasteiger charge is 2.66. The fraction of sp³-hybridized carbons (Fsp3) is 0.900. The van der Waals surface area contributed by atoms with Crippen molar-refractivity contribution in [3.63, 3.8) is 0 Å². The van der Waals surface area contributed by atoms with Crippen LogP contribution in [0.25, 0.3) is 0 Å². The molecule has 4 heteroatoms. The van der Waals surface area contributed by atoms with E-state index in [0.717, 1.165) is 57.8 Å². The lowest BCUT2D eigenvalue weighted by Gasteiger charge is -2.63. The molecule has 2 bridgehead atoms. The van der Waals surface area contributed by atoms with Crippen LogP contribution >= 0.6 is 0 Å². The summed E-state index contributed by atoms with van der Waals surface area (Å²) in [5.74, 6) is -0.282. The van der Waals surface area contributed by atoms with Gasteiger partial charge in [0.1, 0.15) is 0 Å². The summed E-state index contributed by atoms with van der Waals surface area (Å²) in [7, 11) is 0. The molecule has 134 valence electrons. The van der Waals surface area contributed by atoms with Crippen molar-refractivity contribution in [3.8, 4) is 0 Å². The number of carboxylic acid groups (broad SMARTS) is 2. The molecule has 0 unspecified atom stereocenters. The smallest absolute Gasteiger partial charge is 0.309 e. The van der Waals surface area contributed by atoms with Crippen molar-refractivity contribution >= 4 is 11.9 Å². The van der Waals surface area contributed by atoms with Crippen molar-refractivity contribution < 1.29 is 19.8 Å². The van der Waals surface area contributed by atoms with Crippen LogP contribution in [0.5, 0.6) is 0 Å². The first-order valence-electron chi connectivity index (χ1n) is 9.69. The van der Waals surface area contributed by atoms with Gasteiger partial charge in [-0.05, 0) is 86.9 Å². The summed E-state index contributed by atoms with van der Waals surface area (Å²) in [5.41, 5.74) is -0.355. The lowest BCUT2D eigenvalue weighted by Crippen LogP contribution is -2.58. The Labute approximate surface area is 144 Å². The number of fused-ring (bicyclic) bond motifs is 3. The van der Waals surface area contributed by atoms with Gasteiger partial charge in [-0.15, -0.1) is 0 Å². The summed E-state index contributed by atoms with van der Waals surface area (Å²) in [6, 6.07) is 0. The van der Waals surface area contributed by atoms with Crippen LogP contribution in [0.2, 0.25) is 0 Å². The molecule has 0 saturated heterocycles. The Hall–Kier alpha value is -1.06. The van der Waals surface area contributed by atoms with Gasteiger partial charge >= 0.3 is 11.9 Å². The minimum absolute atomic E-state index is 0.0714. The molecule has 24 heavy (non-hydrogen) atoms. The van der Waals surface area contributed by atoms with Gasteiger partial charge in [0, 0.05) is 0 Å². The molecule has 7 atom stereocenters. The van der Waals surface area contributed by atoms with Crippen LogP contribution in [0, 0.1) is 39.9 Å². The van der Waals surface area contributed by atoms with E-state index < -0.39 is 17.4 Å². The third kappa shape index (κ3) is 1.91. The first kappa shape index (κ1) is 16.4. The molecular formula is C20H30O4. The van der Waals surface area contributed by atoms with Crippen LogP contribution in [-0.2, 0) is 9.59 Å². The van der Waals surface area contributed by atoms with Crippen molar-refractivity contribution in [2.45, 2.75) is 71.6 Å². The summed E-state index contributed by atoms with van der Waals surface area (Å²) in [6.45, 7) is 4.31. The van der Waals surface area contributed by atoms with Crippen LogP contribution in [0.15, 0.2) is 0 Å². The van der Waals surface area contributed by atoms with E-state index in [-0.39, 0.29) is 22.7 Å². The molecule has 1 spiro atoms. The quantitative estimate of drug-likeness (QED) is 0.794. The molecule has 0 heterocycles. The van der Waals surface area contributed by atoms with E-state index in [1.807, 2.05) is 6.92 Å². The number of carbonyl (C=O) groups is 2. The molecule has 4 rings (SSSR count). The maximum Gasteiger partial charge on any atom is 0.309 e. The number of aliphatic carboxylic acids is 2. The van der Waals surface area contributed by atoms with E-state index in [0.29, 0.717) is 11.8 Å². The topological polar surface area (TPSA) is 74.6 Å². The van der Waals surface area contributed by atoms with Crippen molar-refractivity contribution in [3.05, 3.63) is 0 Å². The molecule has 0 aromatic carbocycles. The van der Waals surface area contributed by atoms with E-state index in [4.69, 9.17) is 0 Å². The van der Waals surface area contributed by atoms with Gasteiger partial charge in [0.2, 0.25) is 0 Å². The molecular weight excluding hydrogens is 304 g/mol. The van der Waals surface area contributed by atoms with Crippen molar-refractivity contribution in [2.24, 2.45) is 39.9 Å². The Kier molecular flexibility index (Phi) is 3.41. The first-order chi connectivity index (χ1) is 11.2. The van der Waals surface area contributed by atoms with Crippen molar-refractivity contribution in [1.82, 2.24) is 0 Å². The Morgan fingerprint density at radius 2 is 1.67 bits per heavy atom. The number of carboxylic acids is 2. The summed E-state index contributed by atoms with van der Waals surface area (Å²) >= 11 is 0. The van der Waals surface area contributed by atoms with Gasteiger partial charge in [-0.2, -0.15) is 0 Å². The Morgan fingerprint density at radius 3 is 2.33 bits per heavy atom. The van der Waals surface area contributed by atoms with E-state index in [2.05, 4.69) is 6.92 Å². The number of hydrogen-bond donors (Lipinski definition) is 2. The van der Waals surface area contributed by atoms with E-state index in [1.165, 1.54) is 0 Å². The Balaban J connectivity index is 1.71. The lowest BCUT2D eigenvalue weighted by molar-refractivity contribution is -0.181. The van der Waals surface area contributed by atoms with E-state index >= 15 is 0 Å². The average Bonchev–Trinajstić information content (AvgIpc) is 2.78. The fourth-order valence-corrected chi connectivity index (χ4v) is 7.99. The number of hydrogen-bond acceptors (Lipinski definition) is 2. The van der Waals surface area contributed by atoms with Gasteiger partial charge in [-0.1, -0.05) is 13.3 Å². The second-order valence-electron chi connectivity index (χ2n) is 9.78. The highest BCUT2D eigenvalue weighted by Crippen LogP contribution is 2.72. The van der Waals surface area contributed by atoms with Crippen LogP contribution in [0.1, 0.15) is 71.6 Å². The van der Waals surface area contributed by atoms with Gasteiger partial charge in [-0.25, -0.2) is 0 Å². The molecule has 0 amide bonds. The van der Waals surface area contributed by atoms with E-state index in [1.54, 1.807) is 0 Å². The van der Waals surface area contributed by atoms with Gasteiger partial charge in [0.15, 0.2) is 0 Å². The minimum atomic E-state index is -0.627. The monoisotopic (exact) mass is 334 g/mol. The fourth-order valence-electron chi connectivity index (χ4n) is 7.99. The zero-order chi connectivity index (χ0) is 17.3. The molecule has 4 fully saturated rings. The highest BCUT2D eigenvalue weighted by atomic mass is 16.4. The van der Waals surface area contributed by atoms with Crippen LogP contribution in [0.4, 0.5) is 0 Å². The van der Waals surface area contributed by atoms with Crippen LogP contribution in [0.3, 0.4) is 0 Å². The maximum atomic E-state index is 12.1. The normalized spacial score (nSPS) is 53.1. The molecule has 0 radical (unpaired) electrons. The molecule has 0 aliphatic heterocycles. The molecule has 4 aliphatic rings. The number of rotatable bonds is 2. The molecule has 4 nitrogen and oxygen atoms in total. The van der Waals surface area contributed by atoms with Gasteiger partial charge in [0.25, 0.3) is 0 Å². The highest BCUT2D eigenvalue weighted by molar-refractivity contribution is 5.75. The summed E-state index contributed by atoms with van der Waals surface area (Å²) in [5, 5.41) is 19.5. The molecule has 4 saturated carbocycles. The van der Waals surface area contributed by atoms with E-state index in [9.17, 15) is 19.8 Å². The molecule has 0 aromatic heterocycles. The minimum Gasteiger partial charge on any atom is -0.481 e. The molecule has 4 aliphatic carbocycles. The third-order valence-corrected chi connectivity index (χ3v) is 8.94. The first-order valence-corrected chi connectivity index (χ1v) is 9.69. The zero-order valence-electron chi connectivity index (χ0n) is 14.9. The van der Waals surface area contributed by atoms with Gasteiger partial charge in [0.05, 0.1) is 11.3 Å². The zero-order valence-corrected chi connectivity index (χ0v) is 14.9. The second-order valence-corrected chi connectivity index (χ2v) is 9.78. The standard InChI is InChI=1S/C20H30O4/c1-18-7-3-8-19(2,17(23)24)14(18)6-9-20-10-12(4-5-15(18)20)13(11-20)16(21)22/h12-15H,3-11H2,1-2H3,(H,21,22)(H,23,24)/t12-,13+,14+,15+,18-,19-,20+/m0/s1. The molecule has 2 N–H and O–H groups in total. The van der Waals surface area contributed by atoms with Gasteiger partial charge < -0.3 is 10.2 Å². The maximum absolute atomic E-state index is 12.1. The predicted octanol–water partition coefficient (Wildman–Crippen LogP) is 4.18. The van der Waals surface area contributed by atoms with Crippen molar-refractivity contribution in [1.29, 1.82) is 0 Å². The van der Waals surface area contributed by atoms with Crippen LogP contribution < -0.4 is 0 Å². The Bertz CT molecular complexity index is 586.